The Hall–Kier alpha value is -2.73. The maximum absolute atomic E-state index is 12.6. The lowest BCUT2D eigenvalue weighted by molar-refractivity contribution is -0.0342. The zero-order valence-electron chi connectivity index (χ0n) is 18.0. The number of piperidine rings is 3. The normalized spacial score (nSPS) is 26.5. The maximum Gasteiger partial charge on any atom is 0.407 e. The van der Waals surface area contributed by atoms with Gasteiger partial charge in [-0.2, -0.15) is 0 Å². The van der Waals surface area contributed by atoms with Crippen LogP contribution < -0.4 is 14.8 Å². The first-order valence-electron chi connectivity index (χ1n) is 11.4. The van der Waals surface area contributed by atoms with Gasteiger partial charge in [0.2, 0.25) is 0 Å². The Labute approximate surface area is 183 Å². The van der Waals surface area contributed by atoms with Crippen LogP contribution in [0.4, 0.5) is 4.79 Å². The van der Waals surface area contributed by atoms with E-state index in [1.165, 1.54) is 0 Å². The summed E-state index contributed by atoms with van der Waals surface area (Å²) in [5, 5.41) is 3.09. The molecule has 31 heavy (non-hydrogen) atoms. The Bertz CT molecular complexity index is 922. The first-order chi connectivity index (χ1) is 15.2. The summed E-state index contributed by atoms with van der Waals surface area (Å²) >= 11 is 0. The third-order valence-electron chi connectivity index (χ3n) is 6.70. The van der Waals surface area contributed by atoms with E-state index in [4.69, 9.17) is 14.2 Å². The van der Waals surface area contributed by atoms with Crippen molar-refractivity contribution in [2.24, 2.45) is 5.92 Å². The number of rotatable bonds is 5. The van der Waals surface area contributed by atoms with Crippen molar-refractivity contribution in [3.05, 3.63) is 48.0 Å². The minimum absolute atomic E-state index is 0.0175. The fourth-order valence-electron chi connectivity index (χ4n) is 4.99. The highest BCUT2D eigenvalue weighted by atomic mass is 16.6. The highest BCUT2D eigenvalue weighted by Gasteiger charge is 2.37. The minimum Gasteiger partial charge on any atom is -0.494 e. The van der Waals surface area contributed by atoms with Gasteiger partial charge in [0.25, 0.3) is 0 Å². The van der Waals surface area contributed by atoms with Crippen molar-refractivity contribution in [3.63, 3.8) is 0 Å². The molecule has 2 aromatic rings. The average molecular weight is 423 g/mol. The molecular formula is C25H30N2O4. The molecule has 0 aromatic heterocycles. The summed E-state index contributed by atoms with van der Waals surface area (Å²) in [4.78, 5) is 15.0. The number of nitrogens with one attached hydrogen (secondary N) is 1. The van der Waals surface area contributed by atoms with Crippen molar-refractivity contribution in [1.82, 2.24) is 10.2 Å². The van der Waals surface area contributed by atoms with Gasteiger partial charge in [0.15, 0.2) is 0 Å². The summed E-state index contributed by atoms with van der Waals surface area (Å²) in [5.41, 5.74) is 3.19. The summed E-state index contributed by atoms with van der Waals surface area (Å²) in [7, 11) is 0. The van der Waals surface area contributed by atoms with Crippen LogP contribution in [-0.2, 0) is 4.74 Å². The fraction of sp³-hybridized carbons (Fsp3) is 0.480. The number of hydrogen-bond donors (Lipinski definition) is 1. The second-order valence-electron chi connectivity index (χ2n) is 8.63. The van der Waals surface area contributed by atoms with Crippen LogP contribution in [0, 0.1) is 5.92 Å². The number of benzene rings is 2. The maximum atomic E-state index is 12.6. The first kappa shape index (κ1) is 20.2. The van der Waals surface area contributed by atoms with Crippen LogP contribution in [0.15, 0.2) is 42.5 Å². The number of hydrogen-bond acceptors (Lipinski definition) is 5. The van der Waals surface area contributed by atoms with Gasteiger partial charge in [-0.1, -0.05) is 24.3 Å². The Morgan fingerprint density at radius 2 is 1.87 bits per heavy atom. The van der Waals surface area contributed by atoms with E-state index in [2.05, 4.69) is 40.5 Å². The quantitative estimate of drug-likeness (QED) is 0.774. The summed E-state index contributed by atoms with van der Waals surface area (Å²) in [6.07, 6.45) is 2.71. The van der Waals surface area contributed by atoms with Gasteiger partial charge in [0, 0.05) is 18.5 Å². The van der Waals surface area contributed by atoms with Crippen LogP contribution in [0.25, 0.3) is 11.1 Å². The van der Waals surface area contributed by atoms with Crippen LogP contribution in [0.2, 0.25) is 0 Å². The zero-order valence-corrected chi connectivity index (χ0v) is 18.0. The molecular weight excluding hydrogens is 392 g/mol. The van der Waals surface area contributed by atoms with E-state index >= 15 is 0 Å². The van der Waals surface area contributed by atoms with Crippen molar-refractivity contribution in [1.29, 1.82) is 0 Å². The molecule has 0 saturated carbocycles. The van der Waals surface area contributed by atoms with E-state index in [1.54, 1.807) is 0 Å². The van der Waals surface area contributed by atoms with E-state index in [1.807, 2.05) is 19.1 Å². The standard InChI is InChI=1S/C25H30N2O4/c1-2-29-20-6-3-17(4-7-20)19-5-8-21-22(11-14-30-23(21)15-19)26-25(28)31-24-16-27-12-9-18(24)10-13-27/h3-8,15,18,22,24H,2,9-14,16H2,1H3,(H,26,28)/t22?,24-/m1/s1. The van der Waals surface area contributed by atoms with Gasteiger partial charge in [-0.05, 0) is 68.1 Å². The predicted molar refractivity (Wildman–Crippen MR) is 118 cm³/mol. The van der Waals surface area contributed by atoms with E-state index in [-0.39, 0.29) is 18.2 Å². The molecule has 3 fully saturated rings. The molecule has 2 atom stereocenters. The summed E-state index contributed by atoms with van der Waals surface area (Å²) in [6, 6.07) is 14.2. The summed E-state index contributed by atoms with van der Waals surface area (Å²) in [6.45, 7) is 6.35. The number of ether oxygens (including phenoxy) is 3. The van der Waals surface area contributed by atoms with E-state index < -0.39 is 0 Å². The molecule has 1 amide bonds. The van der Waals surface area contributed by atoms with Crippen LogP contribution in [-0.4, -0.2) is 49.9 Å². The fourth-order valence-corrected chi connectivity index (χ4v) is 4.99. The molecule has 0 aliphatic carbocycles. The highest BCUT2D eigenvalue weighted by molar-refractivity contribution is 5.70. The van der Waals surface area contributed by atoms with Crippen molar-refractivity contribution < 1.29 is 19.0 Å². The number of carbonyl (C=O) groups excluding carboxylic acids is 1. The lowest BCUT2D eigenvalue weighted by Gasteiger charge is -2.44. The van der Waals surface area contributed by atoms with Crippen molar-refractivity contribution >= 4 is 6.09 Å². The predicted octanol–water partition coefficient (Wildman–Crippen LogP) is 4.40. The average Bonchev–Trinajstić information content (AvgIpc) is 2.80. The number of amides is 1. The van der Waals surface area contributed by atoms with Gasteiger partial charge in [0.1, 0.15) is 17.6 Å². The molecule has 4 aliphatic heterocycles. The molecule has 4 heterocycles. The number of fused-ring (bicyclic) bond motifs is 4. The second kappa shape index (κ2) is 8.79. The van der Waals surface area contributed by atoms with Gasteiger partial charge in [-0.15, -0.1) is 0 Å². The first-order valence-corrected chi connectivity index (χ1v) is 11.4. The Kier molecular flexibility index (Phi) is 5.72. The Balaban J connectivity index is 1.26. The third-order valence-corrected chi connectivity index (χ3v) is 6.70. The molecule has 1 N–H and O–H groups in total. The molecule has 0 radical (unpaired) electrons. The molecule has 3 saturated heterocycles. The number of nitrogens with zero attached hydrogens (tertiary/aromatic N) is 1. The number of carbonyl (C=O) groups is 1. The lowest BCUT2D eigenvalue weighted by atomic mass is 9.86. The summed E-state index contributed by atoms with van der Waals surface area (Å²) < 4.78 is 17.3. The molecule has 6 heteroatoms. The van der Waals surface area contributed by atoms with Crippen molar-refractivity contribution in [3.8, 4) is 22.6 Å². The SMILES string of the molecule is CCOc1ccc(-c2ccc3c(c2)OCCC3NC(=O)O[C@@H]2CN3CCC2CC3)cc1. The Morgan fingerprint density at radius 3 is 2.58 bits per heavy atom. The monoisotopic (exact) mass is 422 g/mol. The van der Waals surface area contributed by atoms with E-state index in [0.29, 0.717) is 19.1 Å². The summed E-state index contributed by atoms with van der Waals surface area (Å²) in [5.74, 6) is 2.20. The topological polar surface area (TPSA) is 60.0 Å². The molecule has 164 valence electrons. The van der Waals surface area contributed by atoms with Gasteiger partial charge in [-0.3, -0.25) is 4.90 Å². The van der Waals surface area contributed by atoms with Crippen LogP contribution >= 0.6 is 0 Å². The van der Waals surface area contributed by atoms with Crippen molar-refractivity contribution in [2.75, 3.05) is 32.8 Å². The minimum atomic E-state index is -0.313. The Morgan fingerprint density at radius 1 is 1.10 bits per heavy atom. The number of alkyl carbamates (subject to hydrolysis) is 1. The van der Waals surface area contributed by atoms with Crippen LogP contribution in [0.5, 0.6) is 11.5 Å². The molecule has 6 rings (SSSR count). The highest BCUT2D eigenvalue weighted by Crippen LogP contribution is 2.36. The van der Waals surface area contributed by atoms with Gasteiger partial charge < -0.3 is 19.5 Å². The lowest BCUT2D eigenvalue weighted by Crippen LogP contribution is -2.52. The van der Waals surface area contributed by atoms with Gasteiger partial charge in [-0.25, -0.2) is 4.79 Å². The van der Waals surface area contributed by atoms with Gasteiger partial charge >= 0.3 is 6.09 Å². The molecule has 6 nitrogen and oxygen atoms in total. The van der Waals surface area contributed by atoms with E-state index in [0.717, 1.165) is 67.1 Å². The molecule has 0 spiro atoms. The smallest absolute Gasteiger partial charge is 0.407 e. The molecule has 2 bridgehead atoms. The van der Waals surface area contributed by atoms with Gasteiger partial charge in [0.05, 0.1) is 19.3 Å². The zero-order chi connectivity index (χ0) is 21.2. The van der Waals surface area contributed by atoms with E-state index in [9.17, 15) is 4.79 Å². The van der Waals surface area contributed by atoms with Crippen molar-refractivity contribution in [2.45, 2.75) is 38.3 Å². The van der Waals surface area contributed by atoms with Crippen LogP contribution in [0.3, 0.4) is 0 Å². The molecule has 4 aliphatic rings. The van der Waals surface area contributed by atoms with Crippen LogP contribution in [0.1, 0.15) is 37.8 Å². The largest absolute Gasteiger partial charge is 0.494 e. The third kappa shape index (κ3) is 4.35. The molecule has 2 aromatic carbocycles. The molecule has 1 unspecified atom stereocenters. The second-order valence-corrected chi connectivity index (χ2v) is 8.63.